The fraction of sp³-hybridized carbons (Fsp3) is 0.400. The van der Waals surface area contributed by atoms with E-state index in [1.807, 2.05) is 11.8 Å². The van der Waals surface area contributed by atoms with Gasteiger partial charge in [0.1, 0.15) is 10.8 Å². The number of nitrogens with one attached hydrogen (secondary N) is 1. The molecule has 0 aliphatic carbocycles. The van der Waals surface area contributed by atoms with Crippen LogP contribution in [0.1, 0.15) is 16.9 Å². The van der Waals surface area contributed by atoms with Crippen LogP contribution in [0, 0.1) is 0 Å². The third-order valence-electron chi connectivity index (χ3n) is 2.29. The van der Waals surface area contributed by atoms with Gasteiger partial charge in [-0.3, -0.25) is 4.79 Å². The van der Waals surface area contributed by atoms with E-state index in [0.29, 0.717) is 5.02 Å². The van der Waals surface area contributed by atoms with E-state index in [4.69, 9.17) is 23.2 Å². The van der Waals surface area contributed by atoms with E-state index >= 15 is 0 Å². The van der Waals surface area contributed by atoms with Crippen molar-refractivity contribution in [1.82, 2.24) is 10.3 Å². The van der Waals surface area contributed by atoms with E-state index in [0.717, 1.165) is 17.9 Å². The van der Waals surface area contributed by atoms with Gasteiger partial charge in [-0.1, -0.05) is 23.2 Å². The van der Waals surface area contributed by atoms with Gasteiger partial charge in [0.05, 0.1) is 5.02 Å². The number of halogens is 2. The number of thioether (sulfide) groups is 1. The highest BCUT2D eigenvalue weighted by Crippen LogP contribution is 2.20. The van der Waals surface area contributed by atoms with Crippen molar-refractivity contribution in [2.24, 2.45) is 0 Å². The van der Waals surface area contributed by atoms with Crippen LogP contribution in [0.3, 0.4) is 0 Å². The lowest BCUT2D eigenvalue weighted by atomic mass is 10.2. The zero-order valence-corrected chi connectivity index (χ0v) is 10.7. The van der Waals surface area contributed by atoms with Gasteiger partial charge in [-0.05, 0) is 24.3 Å². The summed E-state index contributed by atoms with van der Waals surface area (Å²) in [4.78, 5) is 15.8. The summed E-state index contributed by atoms with van der Waals surface area (Å²) in [7, 11) is 0. The number of hydrogen-bond acceptors (Lipinski definition) is 3. The highest BCUT2D eigenvalue weighted by atomic mass is 35.5. The molecule has 6 heteroatoms. The molecule has 0 aromatic carbocycles. The van der Waals surface area contributed by atoms with Crippen LogP contribution in [0.2, 0.25) is 10.2 Å². The molecule has 1 unspecified atom stereocenters. The molecule has 1 saturated heterocycles. The van der Waals surface area contributed by atoms with Crippen LogP contribution >= 0.6 is 35.0 Å². The van der Waals surface area contributed by atoms with Gasteiger partial charge in [0.2, 0.25) is 0 Å². The van der Waals surface area contributed by atoms with Crippen LogP contribution in [-0.2, 0) is 0 Å². The first kappa shape index (κ1) is 12.0. The number of hydrogen-bond donors (Lipinski definition) is 1. The molecule has 0 saturated carbocycles. The Bertz CT molecular complexity index is 408. The number of pyridine rings is 1. The van der Waals surface area contributed by atoms with E-state index < -0.39 is 0 Å². The molecular weight excluding hydrogens is 267 g/mol. The zero-order chi connectivity index (χ0) is 11.5. The van der Waals surface area contributed by atoms with Gasteiger partial charge in [0.25, 0.3) is 5.91 Å². The van der Waals surface area contributed by atoms with E-state index in [9.17, 15) is 4.79 Å². The summed E-state index contributed by atoms with van der Waals surface area (Å²) in [6.07, 6.45) is 0.995. The largest absolute Gasteiger partial charge is 0.347 e. The molecule has 3 nitrogen and oxygen atoms in total. The summed E-state index contributed by atoms with van der Waals surface area (Å²) in [5.41, 5.74) is 0.200. The average Bonchev–Trinajstić information content (AvgIpc) is 2.74. The SMILES string of the molecule is O=C(NC1CCSC1)c1nc(Cl)ccc1Cl. The number of carbonyl (C=O) groups excluding carboxylic acids is 1. The Morgan fingerprint density at radius 1 is 1.50 bits per heavy atom. The molecule has 0 bridgehead atoms. The maximum Gasteiger partial charge on any atom is 0.271 e. The topological polar surface area (TPSA) is 42.0 Å². The maximum atomic E-state index is 11.8. The second-order valence-electron chi connectivity index (χ2n) is 3.50. The van der Waals surface area contributed by atoms with Crippen molar-refractivity contribution in [3.05, 3.63) is 28.0 Å². The maximum absolute atomic E-state index is 11.8. The smallest absolute Gasteiger partial charge is 0.271 e. The van der Waals surface area contributed by atoms with E-state index in [-0.39, 0.29) is 22.8 Å². The molecule has 1 atom stereocenters. The van der Waals surface area contributed by atoms with Crippen molar-refractivity contribution in [3.8, 4) is 0 Å². The molecule has 2 rings (SSSR count). The van der Waals surface area contributed by atoms with E-state index in [1.165, 1.54) is 0 Å². The molecule has 1 aliphatic heterocycles. The van der Waals surface area contributed by atoms with Crippen LogP contribution in [-0.4, -0.2) is 28.4 Å². The van der Waals surface area contributed by atoms with Crippen molar-refractivity contribution in [2.75, 3.05) is 11.5 Å². The Morgan fingerprint density at radius 3 is 3.00 bits per heavy atom. The molecule has 1 aromatic heterocycles. The standard InChI is InChI=1S/C10H10Cl2N2OS/c11-7-1-2-8(12)14-9(7)10(15)13-6-3-4-16-5-6/h1-2,6H,3-5H2,(H,13,15). The second-order valence-corrected chi connectivity index (χ2v) is 5.44. The quantitative estimate of drug-likeness (QED) is 0.845. The summed E-state index contributed by atoms with van der Waals surface area (Å²) in [6, 6.07) is 3.36. The van der Waals surface area contributed by atoms with Crippen molar-refractivity contribution < 1.29 is 4.79 Å². The van der Waals surface area contributed by atoms with Crippen molar-refractivity contribution >= 4 is 40.9 Å². The van der Waals surface area contributed by atoms with Gasteiger partial charge >= 0.3 is 0 Å². The summed E-state index contributed by atoms with van der Waals surface area (Å²) in [6.45, 7) is 0. The Hall–Kier alpha value is -0.450. The molecule has 2 heterocycles. The van der Waals surface area contributed by atoms with Crippen molar-refractivity contribution in [1.29, 1.82) is 0 Å². The Kier molecular flexibility index (Phi) is 3.95. The Labute approximate surface area is 108 Å². The lowest BCUT2D eigenvalue weighted by molar-refractivity contribution is 0.0936. The first-order valence-corrected chi connectivity index (χ1v) is 6.78. The fourth-order valence-corrected chi connectivity index (χ4v) is 2.97. The number of carbonyl (C=O) groups is 1. The number of aromatic nitrogens is 1. The lowest BCUT2D eigenvalue weighted by Crippen LogP contribution is -2.35. The predicted octanol–water partition coefficient (Wildman–Crippen LogP) is 2.62. The minimum absolute atomic E-state index is 0.200. The van der Waals surface area contributed by atoms with Crippen LogP contribution in [0.25, 0.3) is 0 Å². The zero-order valence-electron chi connectivity index (χ0n) is 8.37. The molecule has 1 aliphatic rings. The summed E-state index contributed by atoms with van der Waals surface area (Å²) in [5.74, 6) is 1.78. The third kappa shape index (κ3) is 2.81. The van der Waals surface area contributed by atoms with Crippen molar-refractivity contribution in [2.45, 2.75) is 12.5 Å². The number of rotatable bonds is 2. The van der Waals surface area contributed by atoms with Gasteiger partial charge in [0.15, 0.2) is 0 Å². The van der Waals surface area contributed by atoms with E-state index in [2.05, 4.69) is 10.3 Å². The number of amides is 1. The molecule has 1 N–H and O–H groups in total. The Morgan fingerprint density at radius 2 is 2.31 bits per heavy atom. The average molecular weight is 277 g/mol. The normalized spacial score (nSPS) is 19.8. The molecule has 86 valence electrons. The van der Waals surface area contributed by atoms with Gasteiger partial charge in [0, 0.05) is 11.8 Å². The highest BCUT2D eigenvalue weighted by molar-refractivity contribution is 7.99. The minimum atomic E-state index is -0.250. The molecule has 0 spiro atoms. The first-order chi connectivity index (χ1) is 7.66. The number of nitrogens with zero attached hydrogens (tertiary/aromatic N) is 1. The Balaban J connectivity index is 2.10. The molecule has 1 amide bonds. The summed E-state index contributed by atoms with van der Waals surface area (Å²) in [5, 5.41) is 3.50. The fourth-order valence-electron chi connectivity index (χ4n) is 1.48. The molecule has 0 radical (unpaired) electrons. The molecule has 1 aromatic rings. The van der Waals surface area contributed by atoms with E-state index in [1.54, 1.807) is 12.1 Å². The predicted molar refractivity (Wildman–Crippen MR) is 67.5 cm³/mol. The van der Waals surface area contributed by atoms with Gasteiger partial charge in [-0.15, -0.1) is 0 Å². The highest BCUT2D eigenvalue weighted by Gasteiger charge is 2.20. The first-order valence-electron chi connectivity index (χ1n) is 4.87. The van der Waals surface area contributed by atoms with Gasteiger partial charge in [-0.2, -0.15) is 11.8 Å². The van der Waals surface area contributed by atoms with Crippen LogP contribution in [0.5, 0.6) is 0 Å². The second kappa shape index (κ2) is 5.25. The summed E-state index contributed by atoms with van der Waals surface area (Å²) < 4.78 is 0. The van der Waals surface area contributed by atoms with Gasteiger partial charge < -0.3 is 5.32 Å². The minimum Gasteiger partial charge on any atom is -0.347 e. The molecule has 16 heavy (non-hydrogen) atoms. The monoisotopic (exact) mass is 276 g/mol. The van der Waals surface area contributed by atoms with Crippen molar-refractivity contribution in [3.63, 3.8) is 0 Å². The van der Waals surface area contributed by atoms with Crippen LogP contribution in [0.4, 0.5) is 0 Å². The van der Waals surface area contributed by atoms with Gasteiger partial charge in [-0.25, -0.2) is 4.98 Å². The van der Waals surface area contributed by atoms with Crippen LogP contribution < -0.4 is 5.32 Å². The lowest BCUT2D eigenvalue weighted by Gasteiger charge is -2.11. The molecule has 1 fully saturated rings. The third-order valence-corrected chi connectivity index (χ3v) is 3.97. The summed E-state index contributed by atoms with van der Waals surface area (Å²) >= 11 is 13.4. The molecular formula is C10H10Cl2N2OS. The van der Waals surface area contributed by atoms with Crippen LogP contribution in [0.15, 0.2) is 12.1 Å².